The highest BCUT2D eigenvalue weighted by Crippen LogP contribution is 2.30. The number of aromatic nitrogens is 4. The lowest BCUT2D eigenvalue weighted by atomic mass is 10.1. The number of primary amides is 1. The number of carbonyl (C=O) groups is 1. The Hall–Kier alpha value is -3.94. The molecule has 0 saturated carbocycles. The maximum absolute atomic E-state index is 11.4. The summed E-state index contributed by atoms with van der Waals surface area (Å²) in [5.41, 5.74) is 9.84. The van der Waals surface area contributed by atoms with Gasteiger partial charge in [0.1, 0.15) is 6.33 Å². The summed E-state index contributed by atoms with van der Waals surface area (Å²) in [7, 11) is 3.05. The first-order valence-corrected chi connectivity index (χ1v) is 8.43. The van der Waals surface area contributed by atoms with Crippen molar-refractivity contribution in [2.24, 2.45) is 5.73 Å². The lowest BCUT2D eigenvalue weighted by Gasteiger charge is -2.10. The van der Waals surface area contributed by atoms with Gasteiger partial charge in [-0.15, -0.1) is 0 Å². The summed E-state index contributed by atoms with van der Waals surface area (Å²) in [6, 6.07) is 13.2. The topological polar surface area (TPSA) is 105 Å². The fourth-order valence-corrected chi connectivity index (χ4v) is 3.00. The van der Waals surface area contributed by atoms with Gasteiger partial charge in [0.15, 0.2) is 0 Å². The minimum atomic E-state index is -0.481. The molecule has 0 bridgehead atoms. The molecule has 0 atom stereocenters. The summed E-state index contributed by atoms with van der Waals surface area (Å²) in [5, 5.41) is 0. The summed E-state index contributed by atoms with van der Waals surface area (Å²) in [6.45, 7) is 0. The van der Waals surface area contributed by atoms with Crippen LogP contribution in [0, 0.1) is 0 Å². The van der Waals surface area contributed by atoms with Gasteiger partial charge in [-0.2, -0.15) is 4.98 Å². The van der Waals surface area contributed by atoms with E-state index in [9.17, 15) is 4.79 Å². The van der Waals surface area contributed by atoms with Crippen molar-refractivity contribution in [3.63, 3.8) is 0 Å². The molecule has 0 spiro atoms. The maximum atomic E-state index is 11.4. The van der Waals surface area contributed by atoms with Crippen molar-refractivity contribution in [1.82, 2.24) is 19.5 Å². The molecule has 2 aromatic heterocycles. The van der Waals surface area contributed by atoms with E-state index in [4.69, 9.17) is 15.2 Å². The number of ether oxygens (including phenoxy) is 2. The smallest absolute Gasteiger partial charge is 0.319 e. The minimum Gasteiger partial charge on any atom is -0.480 e. The van der Waals surface area contributed by atoms with E-state index in [-0.39, 0.29) is 6.01 Å². The predicted octanol–water partition coefficient (Wildman–Crippen LogP) is 2.60. The lowest BCUT2D eigenvalue weighted by Crippen LogP contribution is -2.10. The molecular weight excluding hydrogens is 358 g/mol. The van der Waals surface area contributed by atoms with E-state index >= 15 is 0 Å². The fourth-order valence-electron chi connectivity index (χ4n) is 3.00. The average molecular weight is 375 g/mol. The normalized spacial score (nSPS) is 10.8. The quantitative estimate of drug-likeness (QED) is 0.575. The van der Waals surface area contributed by atoms with Crippen molar-refractivity contribution in [3.8, 4) is 28.7 Å². The molecular formula is C20H17N5O3. The van der Waals surface area contributed by atoms with E-state index in [1.807, 2.05) is 34.9 Å². The van der Waals surface area contributed by atoms with Gasteiger partial charge < -0.3 is 15.2 Å². The van der Waals surface area contributed by atoms with Crippen molar-refractivity contribution in [2.45, 2.75) is 0 Å². The first-order valence-electron chi connectivity index (χ1n) is 8.43. The van der Waals surface area contributed by atoms with Crippen LogP contribution in [0.15, 0.2) is 55.0 Å². The van der Waals surface area contributed by atoms with Crippen molar-refractivity contribution in [2.75, 3.05) is 14.2 Å². The first-order chi connectivity index (χ1) is 13.6. The van der Waals surface area contributed by atoms with E-state index in [0.29, 0.717) is 17.0 Å². The fraction of sp³-hybridized carbons (Fsp3) is 0.100. The highest BCUT2D eigenvalue weighted by Gasteiger charge is 2.13. The number of hydrogen-bond acceptors (Lipinski definition) is 6. The van der Waals surface area contributed by atoms with Gasteiger partial charge >= 0.3 is 6.01 Å². The van der Waals surface area contributed by atoms with Crippen molar-refractivity contribution >= 4 is 16.9 Å². The van der Waals surface area contributed by atoms with Crippen LogP contribution in [0.1, 0.15) is 10.4 Å². The van der Waals surface area contributed by atoms with Gasteiger partial charge in [0, 0.05) is 17.4 Å². The Balaban J connectivity index is 1.80. The molecule has 2 heterocycles. The number of nitrogens with zero attached hydrogens (tertiary/aromatic N) is 4. The molecule has 28 heavy (non-hydrogen) atoms. The predicted molar refractivity (Wildman–Crippen MR) is 104 cm³/mol. The van der Waals surface area contributed by atoms with Crippen molar-refractivity contribution in [1.29, 1.82) is 0 Å². The minimum absolute atomic E-state index is 0.239. The molecule has 0 saturated heterocycles. The van der Waals surface area contributed by atoms with Gasteiger partial charge in [-0.25, -0.2) is 9.97 Å². The monoisotopic (exact) mass is 375 g/mol. The molecule has 4 rings (SSSR count). The van der Waals surface area contributed by atoms with E-state index in [1.54, 1.807) is 31.8 Å². The molecule has 0 fully saturated rings. The van der Waals surface area contributed by atoms with Crippen LogP contribution in [-0.4, -0.2) is 39.6 Å². The number of benzene rings is 2. The van der Waals surface area contributed by atoms with Crippen LogP contribution in [0.3, 0.4) is 0 Å². The number of imidazole rings is 1. The SMILES string of the molecule is COc1ncc(-c2cccc(-n3cnc4cc(C(N)=O)ccc43)c2)c(OC)n1. The Labute approximate surface area is 160 Å². The maximum Gasteiger partial charge on any atom is 0.319 e. The summed E-state index contributed by atoms with van der Waals surface area (Å²) < 4.78 is 12.4. The average Bonchev–Trinajstić information content (AvgIpc) is 3.16. The Morgan fingerprint density at radius 1 is 1.07 bits per heavy atom. The van der Waals surface area contributed by atoms with Gasteiger partial charge in [0.25, 0.3) is 0 Å². The Morgan fingerprint density at radius 2 is 1.93 bits per heavy atom. The molecule has 0 aliphatic carbocycles. The van der Waals surface area contributed by atoms with Crippen molar-refractivity contribution < 1.29 is 14.3 Å². The standard InChI is InChI=1S/C20H17N5O3/c1-27-19-15(10-22-20(24-19)28-2)12-4-3-5-14(8-12)25-11-23-16-9-13(18(21)26)6-7-17(16)25/h3-11H,1-2H3,(H2,21,26). The lowest BCUT2D eigenvalue weighted by molar-refractivity contribution is 0.100. The summed E-state index contributed by atoms with van der Waals surface area (Å²) in [6.07, 6.45) is 3.37. The number of amides is 1. The van der Waals surface area contributed by atoms with Crippen LogP contribution in [-0.2, 0) is 0 Å². The number of nitrogens with two attached hydrogens (primary N) is 1. The van der Waals surface area contributed by atoms with E-state index in [0.717, 1.165) is 22.3 Å². The third kappa shape index (κ3) is 3.01. The van der Waals surface area contributed by atoms with E-state index in [1.165, 1.54) is 7.11 Å². The third-order valence-corrected chi connectivity index (χ3v) is 4.37. The number of carbonyl (C=O) groups excluding carboxylic acids is 1. The number of rotatable bonds is 5. The van der Waals surface area contributed by atoms with Crippen LogP contribution < -0.4 is 15.2 Å². The summed E-state index contributed by atoms with van der Waals surface area (Å²) in [5.74, 6) is -0.0596. The van der Waals surface area contributed by atoms with Gasteiger partial charge in [0.05, 0.1) is 30.8 Å². The molecule has 8 heteroatoms. The Bertz CT molecular complexity index is 1190. The van der Waals surface area contributed by atoms with Gasteiger partial charge in [-0.3, -0.25) is 9.36 Å². The van der Waals surface area contributed by atoms with Crippen LogP contribution in [0.25, 0.3) is 27.8 Å². The van der Waals surface area contributed by atoms with E-state index in [2.05, 4.69) is 15.0 Å². The highest BCUT2D eigenvalue weighted by atomic mass is 16.5. The second-order valence-corrected chi connectivity index (χ2v) is 6.01. The molecule has 2 N–H and O–H groups in total. The summed E-state index contributed by atoms with van der Waals surface area (Å²) in [4.78, 5) is 24.2. The zero-order chi connectivity index (χ0) is 19.7. The number of fused-ring (bicyclic) bond motifs is 1. The van der Waals surface area contributed by atoms with Crippen LogP contribution in [0.4, 0.5) is 0 Å². The van der Waals surface area contributed by atoms with Gasteiger partial charge in [0.2, 0.25) is 11.8 Å². The second-order valence-electron chi connectivity index (χ2n) is 6.01. The molecule has 0 aliphatic heterocycles. The number of methoxy groups -OCH3 is 2. The second kappa shape index (κ2) is 6.99. The van der Waals surface area contributed by atoms with Crippen LogP contribution in [0.5, 0.6) is 11.9 Å². The molecule has 8 nitrogen and oxygen atoms in total. The zero-order valence-corrected chi connectivity index (χ0v) is 15.3. The van der Waals surface area contributed by atoms with Gasteiger partial charge in [-0.1, -0.05) is 12.1 Å². The highest BCUT2D eigenvalue weighted by molar-refractivity contribution is 5.96. The van der Waals surface area contributed by atoms with Gasteiger partial charge in [-0.05, 0) is 35.9 Å². The molecule has 4 aromatic rings. The zero-order valence-electron chi connectivity index (χ0n) is 15.3. The molecule has 0 aliphatic rings. The Morgan fingerprint density at radius 3 is 2.68 bits per heavy atom. The molecule has 2 aromatic carbocycles. The molecule has 0 unspecified atom stereocenters. The first kappa shape index (κ1) is 17.5. The van der Waals surface area contributed by atoms with E-state index < -0.39 is 5.91 Å². The van der Waals surface area contributed by atoms with Crippen molar-refractivity contribution in [3.05, 3.63) is 60.6 Å². The third-order valence-electron chi connectivity index (χ3n) is 4.37. The number of hydrogen-bond donors (Lipinski definition) is 1. The largest absolute Gasteiger partial charge is 0.480 e. The molecule has 140 valence electrons. The summed E-state index contributed by atoms with van der Waals surface area (Å²) >= 11 is 0. The van der Waals surface area contributed by atoms with Crippen LogP contribution in [0.2, 0.25) is 0 Å². The molecule has 0 radical (unpaired) electrons. The Kier molecular flexibility index (Phi) is 4.36. The molecule has 1 amide bonds. The van der Waals surface area contributed by atoms with Crippen LogP contribution >= 0.6 is 0 Å².